The molecule has 0 bridgehead atoms. The average Bonchev–Trinajstić information content (AvgIpc) is 2.79. The van der Waals surface area contributed by atoms with Gasteiger partial charge in [-0.1, -0.05) is 18.2 Å². The van der Waals surface area contributed by atoms with E-state index in [2.05, 4.69) is 17.3 Å². The molecule has 3 nitrogen and oxygen atoms in total. The number of ether oxygens (including phenoxy) is 1. The summed E-state index contributed by atoms with van der Waals surface area (Å²) in [4.78, 5) is 1.24. The number of allylic oxidation sites excluding steroid dienone is 5. The Morgan fingerprint density at radius 2 is 2.22 bits per heavy atom. The van der Waals surface area contributed by atoms with Gasteiger partial charge in [0, 0.05) is 5.56 Å². The number of nitrogens with zero attached hydrogens (tertiary/aromatic N) is 1. The molecule has 1 rings (SSSR count). The molecule has 0 saturated carbocycles. The third kappa shape index (κ3) is 7.04. The first-order chi connectivity index (χ1) is 8.68. The fourth-order valence-corrected chi connectivity index (χ4v) is 1.91. The Hall–Kier alpha value is -1.39. The van der Waals surface area contributed by atoms with E-state index in [1.807, 2.05) is 38.4 Å². The van der Waals surface area contributed by atoms with Crippen LogP contribution in [0.5, 0.6) is 0 Å². The molecule has 1 aromatic heterocycles. The molecule has 1 heterocycles. The SMILES string of the molecule is C\C(=C/C=C\C=C\OCc1ccoc1)SN(C)C. The van der Waals surface area contributed by atoms with Gasteiger partial charge < -0.3 is 9.15 Å². The Bertz CT molecular complexity index is 405. The minimum Gasteiger partial charge on any atom is -0.496 e. The normalized spacial score (nSPS) is 13.0. The van der Waals surface area contributed by atoms with Gasteiger partial charge in [0.25, 0.3) is 0 Å². The molecule has 0 aromatic carbocycles. The summed E-state index contributed by atoms with van der Waals surface area (Å²) in [7, 11) is 4.05. The van der Waals surface area contributed by atoms with Gasteiger partial charge in [0.05, 0.1) is 18.8 Å². The second-order valence-corrected chi connectivity index (χ2v) is 5.39. The number of hydrogen-bond acceptors (Lipinski definition) is 4. The van der Waals surface area contributed by atoms with E-state index in [1.165, 1.54) is 4.91 Å². The highest BCUT2D eigenvalue weighted by Gasteiger charge is 1.91. The molecule has 0 radical (unpaired) electrons. The molecule has 0 amide bonds. The molecule has 98 valence electrons. The fourth-order valence-electron chi connectivity index (χ4n) is 1.19. The Morgan fingerprint density at radius 3 is 2.89 bits per heavy atom. The molecule has 0 spiro atoms. The van der Waals surface area contributed by atoms with Crippen molar-refractivity contribution in [2.45, 2.75) is 13.5 Å². The highest BCUT2D eigenvalue weighted by Crippen LogP contribution is 2.15. The van der Waals surface area contributed by atoms with E-state index in [9.17, 15) is 0 Å². The molecule has 0 aliphatic rings. The van der Waals surface area contributed by atoms with Crippen LogP contribution in [0.25, 0.3) is 0 Å². The Morgan fingerprint density at radius 1 is 1.39 bits per heavy atom. The van der Waals surface area contributed by atoms with Gasteiger partial charge in [-0.2, -0.15) is 0 Å². The van der Waals surface area contributed by atoms with Gasteiger partial charge in [-0.15, -0.1) is 0 Å². The zero-order valence-corrected chi connectivity index (χ0v) is 11.8. The molecule has 0 aliphatic carbocycles. The third-order valence-electron chi connectivity index (χ3n) is 1.88. The lowest BCUT2D eigenvalue weighted by Gasteiger charge is -2.06. The summed E-state index contributed by atoms with van der Waals surface area (Å²) in [5.74, 6) is 0. The molecule has 0 aliphatic heterocycles. The average molecular weight is 265 g/mol. The van der Waals surface area contributed by atoms with Gasteiger partial charge in [0.15, 0.2) is 0 Å². The molecule has 1 aromatic rings. The van der Waals surface area contributed by atoms with Crippen molar-refractivity contribution in [3.63, 3.8) is 0 Å². The molecule has 0 N–H and O–H groups in total. The van der Waals surface area contributed by atoms with Crippen molar-refractivity contribution < 1.29 is 9.15 Å². The maximum absolute atomic E-state index is 5.32. The van der Waals surface area contributed by atoms with E-state index < -0.39 is 0 Å². The van der Waals surface area contributed by atoms with Crippen LogP contribution in [0.4, 0.5) is 0 Å². The summed E-state index contributed by atoms with van der Waals surface area (Å²) in [6.45, 7) is 2.61. The number of rotatable bonds is 7. The van der Waals surface area contributed by atoms with Crippen molar-refractivity contribution in [2.24, 2.45) is 0 Å². The zero-order valence-electron chi connectivity index (χ0n) is 11.0. The summed E-state index contributed by atoms with van der Waals surface area (Å²) in [6.07, 6.45) is 12.8. The van der Waals surface area contributed by atoms with E-state index >= 15 is 0 Å². The lowest BCUT2D eigenvalue weighted by Crippen LogP contribution is -1.98. The van der Waals surface area contributed by atoms with Crippen LogP contribution in [0.2, 0.25) is 0 Å². The van der Waals surface area contributed by atoms with Crippen molar-refractivity contribution >= 4 is 11.9 Å². The van der Waals surface area contributed by atoms with Crippen molar-refractivity contribution in [3.05, 3.63) is 59.6 Å². The second kappa shape index (κ2) is 8.66. The number of hydrogen-bond donors (Lipinski definition) is 0. The predicted molar refractivity (Wildman–Crippen MR) is 76.8 cm³/mol. The second-order valence-electron chi connectivity index (χ2n) is 3.84. The van der Waals surface area contributed by atoms with Gasteiger partial charge in [-0.05, 0) is 50.0 Å². The van der Waals surface area contributed by atoms with E-state index in [1.54, 1.807) is 30.7 Å². The van der Waals surface area contributed by atoms with Crippen LogP contribution in [0, 0.1) is 0 Å². The predicted octanol–water partition coefficient (Wildman–Crippen LogP) is 3.98. The Kier molecular flexibility index (Phi) is 7.06. The van der Waals surface area contributed by atoms with Crippen LogP contribution in [-0.2, 0) is 11.3 Å². The molecule has 18 heavy (non-hydrogen) atoms. The fraction of sp³-hybridized carbons (Fsp3) is 0.286. The summed E-state index contributed by atoms with van der Waals surface area (Å²) in [5, 5.41) is 0. The highest BCUT2D eigenvalue weighted by molar-refractivity contribution is 8.00. The maximum Gasteiger partial charge on any atom is 0.115 e. The molecule has 0 saturated heterocycles. The minimum absolute atomic E-state index is 0.534. The lowest BCUT2D eigenvalue weighted by molar-refractivity contribution is 0.235. The Balaban J connectivity index is 2.19. The van der Waals surface area contributed by atoms with Gasteiger partial charge in [0.2, 0.25) is 0 Å². The first kappa shape index (κ1) is 14.7. The third-order valence-corrected chi connectivity index (χ3v) is 2.67. The zero-order chi connectivity index (χ0) is 13.2. The van der Waals surface area contributed by atoms with Crippen LogP contribution in [0.3, 0.4) is 0 Å². The van der Waals surface area contributed by atoms with Crippen LogP contribution in [0.1, 0.15) is 12.5 Å². The summed E-state index contributed by atoms with van der Waals surface area (Å²) >= 11 is 1.70. The molecule has 4 heteroatoms. The van der Waals surface area contributed by atoms with Gasteiger partial charge in [-0.25, -0.2) is 0 Å². The van der Waals surface area contributed by atoms with Crippen LogP contribution < -0.4 is 0 Å². The van der Waals surface area contributed by atoms with E-state index in [0.717, 1.165) is 5.56 Å². The van der Waals surface area contributed by atoms with Crippen molar-refractivity contribution in [2.75, 3.05) is 14.1 Å². The van der Waals surface area contributed by atoms with Crippen LogP contribution in [0.15, 0.2) is 58.5 Å². The molecular formula is C14H19NO2S. The molecule has 0 fully saturated rings. The summed E-state index contributed by atoms with van der Waals surface area (Å²) in [6, 6.07) is 1.88. The van der Waals surface area contributed by atoms with Crippen LogP contribution >= 0.6 is 11.9 Å². The maximum atomic E-state index is 5.32. The van der Waals surface area contributed by atoms with E-state index in [-0.39, 0.29) is 0 Å². The first-order valence-electron chi connectivity index (χ1n) is 5.66. The highest BCUT2D eigenvalue weighted by atomic mass is 32.2. The van der Waals surface area contributed by atoms with Crippen molar-refractivity contribution in [3.8, 4) is 0 Å². The molecular weight excluding hydrogens is 246 g/mol. The topological polar surface area (TPSA) is 25.6 Å². The van der Waals surface area contributed by atoms with Crippen molar-refractivity contribution in [1.29, 1.82) is 0 Å². The van der Waals surface area contributed by atoms with E-state index in [0.29, 0.717) is 6.61 Å². The smallest absolute Gasteiger partial charge is 0.115 e. The van der Waals surface area contributed by atoms with Gasteiger partial charge in [-0.3, -0.25) is 4.31 Å². The van der Waals surface area contributed by atoms with E-state index in [4.69, 9.17) is 9.15 Å². The summed E-state index contributed by atoms with van der Waals surface area (Å²) < 4.78 is 12.3. The van der Waals surface area contributed by atoms with Crippen molar-refractivity contribution in [1.82, 2.24) is 4.31 Å². The standard InChI is InChI=1S/C14H19NO2S/c1-13(18-15(2)3)7-5-4-6-9-16-11-14-8-10-17-12-14/h4-10,12H,11H2,1-3H3/b5-4-,9-6+,13-7+. The monoisotopic (exact) mass is 265 g/mol. The minimum atomic E-state index is 0.534. The largest absolute Gasteiger partial charge is 0.496 e. The van der Waals surface area contributed by atoms with Gasteiger partial charge >= 0.3 is 0 Å². The van der Waals surface area contributed by atoms with Gasteiger partial charge in [0.1, 0.15) is 6.61 Å². The number of furan rings is 1. The quantitative estimate of drug-likeness (QED) is 0.423. The molecule has 0 unspecified atom stereocenters. The lowest BCUT2D eigenvalue weighted by atomic mass is 10.4. The molecule has 0 atom stereocenters. The Labute approximate surface area is 113 Å². The van der Waals surface area contributed by atoms with Crippen LogP contribution in [-0.4, -0.2) is 18.4 Å². The first-order valence-corrected chi connectivity index (χ1v) is 6.44. The summed E-state index contributed by atoms with van der Waals surface area (Å²) in [5.41, 5.74) is 1.03.